The number of urea groups is 1. The van der Waals surface area contributed by atoms with Gasteiger partial charge in [-0.05, 0) is 67.1 Å². The molecule has 0 radical (unpaired) electrons. The SMILES string of the molecule is CN(C)CCNC(=O)N(c1ccc(Cl)cc1)C1CCN(c2ncnc(N)c2C(=N)Br)CC1. The van der Waals surface area contributed by atoms with Crippen LogP contribution in [0.4, 0.5) is 22.1 Å². The third kappa shape index (κ3) is 5.87. The van der Waals surface area contributed by atoms with Crippen molar-refractivity contribution in [1.29, 1.82) is 5.41 Å². The first-order valence-corrected chi connectivity index (χ1v) is 11.5. The van der Waals surface area contributed by atoms with Gasteiger partial charge in [-0.2, -0.15) is 0 Å². The molecule has 0 spiro atoms. The van der Waals surface area contributed by atoms with Gasteiger partial charge in [-0.1, -0.05) is 11.6 Å². The second-order valence-corrected chi connectivity index (χ2v) is 9.10. The van der Waals surface area contributed by atoms with Crippen LogP contribution < -0.4 is 20.9 Å². The van der Waals surface area contributed by atoms with E-state index in [1.54, 1.807) is 12.1 Å². The van der Waals surface area contributed by atoms with E-state index >= 15 is 0 Å². The summed E-state index contributed by atoms with van der Waals surface area (Å²) in [4.78, 5) is 27.4. The zero-order valence-corrected chi connectivity index (χ0v) is 20.5. The Balaban J connectivity index is 1.77. The zero-order valence-electron chi connectivity index (χ0n) is 18.2. The highest BCUT2D eigenvalue weighted by Crippen LogP contribution is 2.30. The second-order valence-electron chi connectivity index (χ2n) is 7.87. The number of amides is 2. The molecule has 0 unspecified atom stereocenters. The van der Waals surface area contributed by atoms with Crippen LogP contribution in [0.2, 0.25) is 5.02 Å². The summed E-state index contributed by atoms with van der Waals surface area (Å²) in [6, 6.07) is 7.22. The molecule has 2 amide bonds. The number of aromatic nitrogens is 2. The summed E-state index contributed by atoms with van der Waals surface area (Å²) in [5.41, 5.74) is 7.27. The fourth-order valence-corrected chi connectivity index (χ4v) is 4.25. The molecule has 1 aliphatic rings. The van der Waals surface area contributed by atoms with Crippen LogP contribution in [0, 0.1) is 5.41 Å². The topological polar surface area (TPSA) is 114 Å². The molecule has 1 aromatic carbocycles. The van der Waals surface area contributed by atoms with Gasteiger partial charge < -0.3 is 20.9 Å². The van der Waals surface area contributed by atoms with Gasteiger partial charge >= 0.3 is 6.03 Å². The number of hydrogen-bond donors (Lipinski definition) is 3. The molecule has 0 aliphatic carbocycles. The van der Waals surface area contributed by atoms with Crippen LogP contribution in [0.25, 0.3) is 0 Å². The number of likely N-dealkylation sites (N-methyl/N-ethyl adjacent to an activating group) is 1. The van der Waals surface area contributed by atoms with Crippen molar-refractivity contribution in [2.45, 2.75) is 18.9 Å². The van der Waals surface area contributed by atoms with Crippen molar-refractivity contribution in [3.8, 4) is 0 Å². The van der Waals surface area contributed by atoms with Crippen LogP contribution in [-0.4, -0.2) is 71.8 Å². The van der Waals surface area contributed by atoms with Gasteiger partial charge in [0.1, 0.15) is 22.6 Å². The molecule has 0 saturated carbocycles. The maximum Gasteiger partial charge on any atom is 0.322 e. The van der Waals surface area contributed by atoms with Crippen molar-refractivity contribution in [2.75, 3.05) is 55.8 Å². The molecule has 32 heavy (non-hydrogen) atoms. The van der Waals surface area contributed by atoms with E-state index in [9.17, 15) is 4.79 Å². The molecule has 1 saturated heterocycles. The highest BCUT2D eigenvalue weighted by atomic mass is 79.9. The molecule has 2 heterocycles. The number of nitrogens with one attached hydrogen (secondary N) is 2. The highest BCUT2D eigenvalue weighted by molar-refractivity contribution is 9.18. The van der Waals surface area contributed by atoms with E-state index in [0.29, 0.717) is 36.0 Å². The van der Waals surface area contributed by atoms with Crippen LogP contribution in [-0.2, 0) is 0 Å². The largest absolute Gasteiger partial charge is 0.383 e. The Labute approximate surface area is 201 Å². The van der Waals surface area contributed by atoms with Crippen LogP contribution in [0.1, 0.15) is 18.4 Å². The lowest BCUT2D eigenvalue weighted by molar-refractivity contribution is 0.241. The van der Waals surface area contributed by atoms with Gasteiger partial charge in [-0.25, -0.2) is 14.8 Å². The molecular weight excluding hydrogens is 496 g/mol. The van der Waals surface area contributed by atoms with Crippen molar-refractivity contribution in [3.05, 3.63) is 41.2 Å². The molecule has 4 N–H and O–H groups in total. The van der Waals surface area contributed by atoms with E-state index in [2.05, 4.69) is 36.1 Å². The number of benzene rings is 1. The van der Waals surface area contributed by atoms with Gasteiger partial charge in [0.25, 0.3) is 0 Å². The fraction of sp³-hybridized carbons (Fsp3) is 0.429. The van der Waals surface area contributed by atoms with E-state index in [1.165, 1.54) is 6.33 Å². The van der Waals surface area contributed by atoms with Crippen molar-refractivity contribution in [3.63, 3.8) is 0 Å². The summed E-state index contributed by atoms with van der Waals surface area (Å²) < 4.78 is 0.149. The van der Waals surface area contributed by atoms with Gasteiger partial charge in [-0.3, -0.25) is 10.3 Å². The van der Waals surface area contributed by atoms with E-state index in [4.69, 9.17) is 22.7 Å². The van der Waals surface area contributed by atoms with E-state index in [1.807, 2.05) is 36.0 Å². The quantitative estimate of drug-likeness (QED) is 0.480. The molecule has 0 atom stereocenters. The van der Waals surface area contributed by atoms with E-state index < -0.39 is 0 Å². The minimum absolute atomic E-state index is 0.0119. The number of hydrogen-bond acceptors (Lipinski definition) is 7. The lowest BCUT2D eigenvalue weighted by atomic mass is 10.0. The second kappa shape index (κ2) is 10.9. The molecule has 2 aromatic rings. The molecule has 1 aromatic heterocycles. The van der Waals surface area contributed by atoms with Gasteiger partial charge in [-0.15, -0.1) is 0 Å². The average molecular weight is 524 g/mol. The molecule has 1 fully saturated rings. The molecule has 1 aliphatic heterocycles. The number of nitrogen functional groups attached to an aromatic ring is 1. The summed E-state index contributed by atoms with van der Waals surface area (Å²) in [5, 5.41) is 11.6. The molecule has 172 valence electrons. The summed E-state index contributed by atoms with van der Waals surface area (Å²) in [6.45, 7) is 2.66. The van der Waals surface area contributed by atoms with Crippen molar-refractivity contribution >= 4 is 55.5 Å². The first-order chi connectivity index (χ1) is 15.3. The maximum absolute atomic E-state index is 13.1. The lowest BCUT2D eigenvalue weighted by Crippen LogP contribution is -2.52. The number of halogens is 2. The standard InChI is InChI=1S/C21H28BrClN8O/c1-29(2)12-9-26-21(32)31(15-5-3-14(23)4-6-15)16-7-10-30(11-8-16)20-17(18(22)24)19(25)27-13-28-20/h3-6,13,16,24H,7-12H2,1-2H3,(H,26,32)(H2,25,27,28). The Kier molecular flexibility index (Phi) is 8.27. The maximum atomic E-state index is 13.1. The highest BCUT2D eigenvalue weighted by Gasteiger charge is 2.31. The molecule has 3 rings (SSSR count). The monoisotopic (exact) mass is 522 g/mol. The minimum atomic E-state index is -0.123. The zero-order chi connectivity index (χ0) is 23.3. The van der Waals surface area contributed by atoms with Crippen molar-refractivity contribution in [1.82, 2.24) is 20.2 Å². The molecule has 11 heteroatoms. The Morgan fingerprint density at radius 2 is 1.94 bits per heavy atom. The third-order valence-corrected chi connectivity index (χ3v) is 6.01. The van der Waals surface area contributed by atoms with Gasteiger partial charge in [0.05, 0.1) is 5.56 Å². The van der Waals surface area contributed by atoms with Crippen molar-refractivity contribution in [2.24, 2.45) is 0 Å². The van der Waals surface area contributed by atoms with Crippen LogP contribution in [0.15, 0.2) is 30.6 Å². The molecule has 0 bridgehead atoms. The predicted octanol–water partition coefficient (Wildman–Crippen LogP) is 3.18. The minimum Gasteiger partial charge on any atom is -0.383 e. The number of nitrogens with zero attached hydrogens (tertiary/aromatic N) is 5. The number of carbonyl (C=O) groups excluding carboxylic acids is 1. The van der Waals surface area contributed by atoms with E-state index in [0.717, 1.165) is 25.1 Å². The fourth-order valence-electron chi connectivity index (χ4n) is 3.74. The Morgan fingerprint density at radius 1 is 1.28 bits per heavy atom. The first kappa shape index (κ1) is 24.2. The van der Waals surface area contributed by atoms with Gasteiger partial charge in [0, 0.05) is 42.9 Å². The van der Waals surface area contributed by atoms with Gasteiger partial charge in [0.2, 0.25) is 0 Å². The van der Waals surface area contributed by atoms with Crippen LogP contribution in [0.3, 0.4) is 0 Å². The van der Waals surface area contributed by atoms with E-state index in [-0.39, 0.29) is 22.5 Å². The smallest absolute Gasteiger partial charge is 0.322 e. The van der Waals surface area contributed by atoms with Crippen LogP contribution in [0.5, 0.6) is 0 Å². The van der Waals surface area contributed by atoms with Crippen LogP contribution >= 0.6 is 27.5 Å². The predicted molar refractivity (Wildman–Crippen MR) is 133 cm³/mol. The summed E-state index contributed by atoms with van der Waals surface area (Å²) in [7, 11) is 3.94. The average Bonchev–Trinajstić information content (AvgIpc) is 2.75. The Bertz CT molecular complexity index is 947. The number of anilines is 3. The number of carbonyl (C=O) groups is 1. The Hall–Kier alpha value is -2.43. The molecular formula is C21H28BrClN8O. The van der Waals surface area contributed by atoms with Crippen molar-refractivity contribution < 1.29 is 4.79 Å². The summed E-state index contributed by atoms with van der Waals surface area (Å²) in [6.07, 6.45) is 2.89. The lowest BCUT2D eigenvalue weighted by Gasteiger charge is -2.39. The number of piperidine rings is 1. The third-order valence-electron chi connectivity index (χ3n) is 5.36. The normalized spacial score (nSPS) is 14.5. The Morgan fingerprint density at radius 3 is 2.53 bits per heavy atom. The molecule has 9 nitrogen and oxygen atoms in total. The first-order valence-electron chi connectivity index (χ1n) is 10.3. The van der Waals surface area contributed by atoms with Gasteiger partial charge in [0.15, 0.2) is 0 Å². The number of rotatable bonds is 7. The summed E-state index contributed by atoms with van der Waals surface area (Å²) in [5.74, 6) is 0.897. The number of nitrogens with two attached hydrogens (primary N) is 1. The summed E-state index contributed by atoms with van der Waals surface area (Å²) >= 11 is 9.26.